The van der Waals surface area contributed by atoms with E-state index in [4.69, 9.17) is 23.7 Å². The number of rotatable bonds is 1. The number of fused-ring (bicyclic) bond motifs is 5. The van der Waals surface area contributed by atoms with E-state index in [0.29, 0.717) is 21.5 Å². The average molecular weight is 509 g/mol. The van der Waals surface area contributed by atoms with Crippen molar-refractivity contribution in [2.75, 3.05) is 34.2 Å². The van der Waals surface area contributed by atoms with E-state index < -0.39 is 6.10 Å². The van der Waals surface area contributed by atoms with Crippen molar-refractivity contribution in [3.63, 3.8) is 0 Å². The van der Waals surface area contributed by atoms with Crippen LogP contribution in [0.1, 0.15) is 39.2 Å². The molecule has 0 aliphatic carbocycles. The molecule has 0 aromatic heterocycles. The number of nitrogens with zero attached hydrogens (tertiary/aromatic N) is 1. The summed E-state index contributed by atoms with van der Waals surface area (Å²) in [4.78, 5) is 12.8. The summed E-state index contributed by atoms with van der Waals surface area (Å²) >= 11 is 0. The molecule has 0 N–H and O–H groups in total. The van der Waals surface area contributed by atoms with Crippen LogP contribution in [0.5, 0.6) is 23.0 Å². The number of cyclic esters (lactones) is 1. The number of likely N-dealkylation sites (N-methyl/N-ethyl adjacent to an activating group) is 1. The van der Waals surface area contributed by atoms with Crippen LogP contribution in [0.25, 0.3) is 0 Å². The molecule has 2 aromatic carbocycles. The van der Waals surface area contributed by atoms with Crippen LogP contribution in [0.4, 0.5) is 0 Å². The fourth-order valence-electron chi connectivity index (χ4n) is 4.85. The monoisotopic (exact) mass is 509 g/mol. The Morgan fingerprint density at radius 3 is 2.48 bits per heavy atom. The second kappa shape index (κ2) is 6.40. The highest BCUT2D eigenvalue weighted by molar-refractivity contribution is 5.98. The molecule has 0 fully saturated rings. The summed E-state index contributed by atoms with van der Waals surface area (Å²) in [5.41, 5.74) is 3.71. The molecule has 0 amide bonds. The molecule has 4 aliphatic heterocycles. The minimum Gasteiger partial charge on any atom is -1.00 e. The number of halogens is 1. The fraction of sp³-hybridized carbons (Fsp3) is 0.381. The zero-order chi connectivity index (χ0) is 19.0. The van der Waals surface area contributed by atoms with Crippen molar-refractivity contribution in [3.8, 4) is 23.0 Å². The molecule has 152 valence electrons. The van der Waals surface area contributed by atoms with Gasteiger partial charge in [0.15, 0.2) is 35.1 Å². The van der Waals surface area contributed by atoms with Crippen molar-refractivity contribution >= 4 is 5.97 Å². The summed E-state index contributed by atoms with van der Waals surface area (Å²) in [6, 6.07) is 7.87. The van der Waals surface area contributed by atoms with Crippen LogP contribution >= 0.6 is 0 Å². The highest BCUT2D eigenvalue weighted by Crippen LogP contribution is 2.53. The van der Waals surface area contributed by atoms with Crippen molar-refractivity contribution in [2.24, 2.45) is 0 Å². The average Bonchev–Trinajstić information content (AvgIpc) is 3.37. The number of quaternary nitrogens is 1. The Hall–Kier alpha value is -2.20. The third kappa shape index (κ3) is 2.61. The smallest absolute Gasteiger partial charge is 0.343 e. The van der Waals surface area contributed by atoms with E-state index in [1.807, 2.05) is 12.1 Å². The van der Waals surface area contributed by atoms with Gasteiger partial charge in [0, 0.05) is 17.5 Å². The zero-order valence-corrected chi connectivity index (χ0v) is 18.2. The van der Waals surface area contributed by atoms with Crippen molar-refractivity contribution < 1.29 is 56.9 Å². The van der Waals surface area contributed by atoms with Crippen molar-refractivity contribution in [1.29, 1.82) is 0 Å². The Bertz CT molecular complexity index is 1040. The first-order valence-electron chi connectivity index (χ1n) is 9.41. The van der Waals surface area contributed by atoms with Gasteiger partial charge in [-0.2, -0.15) is 0 Å². The Morgan fingerprint density at radius 2 is 1.66 bits per heavy atom. The molecule has 0 spiro atoms. The van der Waals surface area contributed by atoms with Crippen LogP contribution in [-0.4, -0.2) is 44.7 Å². The van der Waals surface area contributed by atoms with Gasteiger partial charge >= 0.3 is 5.97 Å². The zero-order valence-electron chi connectivity index (χ0n) is 16.1. The highest BCUT2D eigenvalue weighted by atomic mass is 127. The molecule has 0 saturated carbocycles. The van der Waals surface area contributed by atoms with Crippen LogP contribution < -0.4 is 42.9 Å². The number of hydrogen-bond donors (Lipinski definition) is 0. The summed E-state index contributed by atoms with van der Waals surface area (Å²) in [6.07, 6.45) is 0.538. The second-order valence-corrected chi connectivity index (χ2v) is 8.19. The number of esters is 1. The van der Waals surface area contributed by atoms with Gasteiger partial charge in [0.05, 0.1) is 20.6 Å². The Morgan fingerprint density at radius 1 is 0.931 bits per heavy atom. The van der Waals surface area contributed by atoms with Gasteiger partial charge in [-0.15, -0.1) is 0 Å². The van der Waals surface area contributed by atoms with E-state index in [2.05, 4.69) is 26.2 Å². The highest BCUT2D eigenvalue weighted by Gasteiger charge is 2.50. The molecule has 2 aromatic rings. The maximum atomic E-state index is 12.8. The normalized spacial score (nSPS) is 24.4. The summed E-state index contributed by atoms with van der Waals surface area (Å²) in [7, 11) is 4.36. The third-order valence-electron chi connectivity index (χ3n) is 6.27. The fourth-order valence-corrected chi connectivity index (χ4v) is 4.85. The maximum Gasteiger partial charge on any atom is 0.343 e. The molecule has 0 unspecified atom stereocenters. The van der Waals surface area contributed by atoms with Crippen LogP contribution in [0, 0.1) is 0 Å². The first kappa shape index (κ1) is 18.8. The molecular weight excluding hydrogens is 489 g/mol. The minimum atomic E-state index is -0.397. The lowest BCUT2D eigenvalue weighted by Gasteiger charge is -2.44. The van der Waals surface area contributed by atoms with Crippen LogP contribution in [-0.2, 0) is 11.2 Å². The predicted molar refractivity (Wildman–Crippen MR) is 96.7 cm³/mol. The standard InChI is InChI=1S/C21H20NO6.HI/c1-22(2)6-5-11-7-15-16(26-9-25-15)8-13(11)18(22)19-12-3-4-14-20(27-10-24-14)17(12)21(23)28-19;/h3-4,7-8,18-19H,5-6,9-10H2,1-2H3;1H/q+1;/p-1/t18-,19+;/m0./s1. The number of carbonyl (C=O) groups is 1. The number of ether oxygens (including phenoxy) is 5. The maximum absolute atomic E-state index is 12.8. The molecule has 8 heteroatoms. The molecule has 2 atom stereocenters. The van der Waals surface area contributed by atoms with Gasteiger partial charge in [-0.1, -0.05) is 6.07 Å². The minimum absolute atomic E-state index is 0. The van der Waals surface area contributed by atoms with Crippen LogP contribution in [0.15, 0.2) is 24.3 Å². The van der Waals surface area contributed by atoms with Crippen molar-refractivity contribution in [2.45, 2.75) is 18.6 Å². The molecular formula is C21H20INO6. The van der Waals surface area contributed by atoms with E-state index in [1.54, 1.807) is 0 Å². The predicted octanol–water partition coefficient (Wildman–Crippen LogP) is -0.267. The van der Waals surface area contributed by atoms with Gasteiger partial charge in [0.2, 0.25) is 13.6 Å². The van der Waals surface area contributed by atoms with Gasteiger partial charge in [-0.05, 0) is 23.8 Å². The van der Waals surface area contributed by atoms with Gasteiger partial charge in [-0.25, -0.2) is 4.79 Å². The van der Waals surface area contributed by atoms with Gasteiger partial charge in [0.25, 0.3) is 0 Å². The van der Waals surface area contributed by atoms with Crippen LogP contribution in [0.2, 0.25) is 0 Å². The molecule has 6 rings (SSSR count). The lowest BCUT2D eigenvalue weighted by molar-refractivity contribution is -0.927. The number of hydrogen-bond acceptors (Lipinski definition) is 6. The Kier molecular flexibility index (Phi) is 4.15. The Labute approximate surface area is 185 Å². The van der Waals surface area contributed by atoms with Gasteiger partial charge in [-0.3, -0.25) is 0 Å². The summed E-state index contributed by atoms with van der Waals surface area (Å²) in [5, 5.41) is 0. The molecule has 0 bridgehead atoms. The van der Waals surface area contributed by atoms with Crippen LogP contribution in [0.3, 0.4) is 0 Å². The summed E-state index contributed by atoms with van der Waals surface area (Å²) in [6.45, 7) is 1.30. The molecule has 4 aliphatic rings. The summed E-state index contributed by atoms with van der Waals surface area (Å²) in [5.74, 6) is 2.28. The van der Waals surface area contributed by atoms with Crippen molar-refractivity contribution in [3.05, 3.63) is 46.5 Å². The lowest BCUT2D eigenvalue weighted by atomic mass is 9.84. The lowest BCUT2D eigenvalue weighted by Crippen LogP contribution is -3.00. The quantitative estimate of drug-likeness (QED) is 0.300. The molecule has 7 nitrogen and oxygen atoms in total. The van der Waals surface area contributed by atoms with E-state index >= 15 is 0 Å². The Balaban J connectivity index is 0.00000181. The van der Waals surface area contributed by atoms with Gasteiger partial charge < -0.3 is 52.1 Å². The molecule has 0 saturated heterocycles. The van der Waals surface area contributed by atoms with E-state index in [-0.39, 0.29) is 49.6 Å². The first-order valence-corrected chi connectivity index (χ1v) is 9.41. The van der Waals surface area contributed by atoms with Gasteiger partial charge in [0.1, 0.15) is 5.56 Å². The number of carbonyl (C=O) groups excluding carboxylic acids is 1. The van der Waals surface area contributed by atoms with E-state index in [0.717, 1.165) is 35.6 Å². The SMILES string of the molecule is C[N+]1(C)CCc2cc3c(cc2[C@H]1[C@@H]1OC(=O)c2c1ccc1c2OCO1)OCO3.[I-]. The third-order valence-corrected chi connectivity index (χ3v) is 6.27. The number of benzene rings is 2. The molecule has 29 heavy (non-hydrogen) atoms. The second-order valence-electron chi connectivity index (χ2n) is 8.19. The first-order chi connectivity index (χ1) is 13.5. The topological polar surface area (TPSA) is 63.2 Å². The molecule has 0 radical (unpaired) electrons. The largest absolute Gasteiger partial charge is 1.00 e. The van der Waals surface area contributed by atoms with E-state index in [9.17, 15) is 4.79 Å². The van der Waals surface area contributed by atoms with Crippen molar-refractivity contribution in [1.82, 2.24) is 0 Å². The summed E-state index contributed by atoms with van der Waals surface area (Å²) < 4.78 is 28.8. The van der Waals surface area contributed by atoms with E-state index in [1.165, 1.54) is 5.56 Å². The molecule has 4 heterocycles.